The minimum atomic E-state index is -0.424. The molecule has 1 aromatic carbocycles. The van der Waals surface area contributed by atoms with E-state index < -0.39 is 5.82 Å². The summed E-state index contributed by atoms with van der Waals surface area (Å²) in [4.78, 5) is 7.01. The van der Waals surface area contributed by atoms with Gasteiger partial charge in [0, 0.05) is 32.7 Å². The Kier molecular flexibility index (Phi) is 8.94. The second-order valence-corrected chi connectivity index (χ2v) is 7.28. The molecule has 1 saturated heterocycles. The summed E-state index contributed by atoms with van der Waals surface area (Å²) in [5.74, 6) is 0.488. The van der Waals surface area contributed by atoms with Gasteiger partial charge in [-0.25, -0.2) is 8.78 Å². The van der Waals surface area contributed by atoms with Crippen LogP contribution in [0.1, 0.15) is 26.3 Å². The van der Waals surface area contributed by atoms with Gasteiger partial charge in [-0.15, -0.1) is 0 Å². The average Bonchev–Trinajstić information content (AvgIpc) is 2.62. The van der Waals surface area contributed by atoms with E-state index in [0.717, 1.165) is 44.9 Å². The molecule has 1 atom stereocenters. The van der Waals surface area contributed by atoms with Crippen LogP contribution in [0.3, 0.4) is 0 Å². The van der Waals surface area contributed by atoms with Crippen molar-refractivity contribution >= 4 is 5.96 Å². The summed E-state index contributed by atoms with van der Waals surface area (Å²) >= 11 is 0. The van der Waals surface area contributed by atoms with Crippen LogP contribution >= 0.6 is 0 Å². The third kappa shape index (κ3) is 7.81. The highest BCUT2D eigenvalue weighted by molar-refractivity contribution is 5.79. The number of aliphatic imine (C=N–C) groups is 1. The van der Waals surface area contributed by atoms with E-state index in [1.165, 1.54) is 6.07 Å². The van der Waals surface area contributed by atoms with E-state index in [4.69, 9.17) is 4.74 Å². The lowest BCUT2D eigenvalue weighted by Gasteiger charge is -2.33. The second kappa shape index (κ2) is 11.2. The van der Waals surface area contributed by atoms with Gasteiger partial charge in [-0.1, -0.05) is 13.8 Å². The van der Waals surface area contributed by atoms with Crippen molar-refractivity contribution in [3.8, 4) is 0 Å². The number of nitrogens with zero attached hydrogens (tertiary/aromatic N) is 2. The molecule has 1 unspecified atom stereocenters. The SMILES string of the molecule is CCNC(=NCC1CN(CC(C)C)CCO1)NCCc1cc(F)ccc1F. The Hall–Kier alpha value is -1.73. The number of nitrogens with one attached hydrogen (secondary N) is 2. The van der Waals surface area contributed by atoms with Crippen molar-refractivity contribution in [2.24, 2.45) is 10.9 Å². The predicted molar refractivity (Wildman–Crippen MR) is 105 cm³/mol. The number of ether oxygens (including phenoxy) is 1. The Morgan fingerprint density at radius 3 is 2.89 bits per heavy atom. The molecule has 0 amide bonds. The quantitative estimate of drug-likeness (QED) is 0.536. The largest absolute Gasteiger partial charge is 0.374 e. The fourth-order valence-corrected chi connectivity index (χ4v) is 3.16. The number of rotatable bonds is 8. The molecule has 0 bridgehead atoms. The molecule has 1 fully saturated rings. The van der Waals surface area contributed by atoms with Crippen LogP contribution in [-0.2, 0) is 11.2 Å². The second-order valence-electron chi connectivity index (χ2n) is 7.28. The van der Waals surface area contributed by atoms with Gasteiger partial charge in [0.05, 0.1) is 19.3 Å². The molecule has 1 heterocycles. The van der Waals surface area contributed by atoms with Crippen LogP contribution in [0.5, 0.6) is 0 Å². The van der Waals surface area contributed by atoms with E-state index in [0.29, 0.717) is 37.0 Å². The molecule has 2 N–H and O–H groups in total. The molecule has 0 spiro atoms. The third-order valence-electron chi connectivity index (χ3n) is 4.34. The average molecular weight is 382 g/mol. The van der Waals surface area contributed by atoms with Crippen LogP contribution in [0.2, 0.25) is 0 Å². The number of hydrogen-bond acceptors (Lipinski definition) is 3. The molecule has 0 saturated carbocycles. The molecule has 7 heteroatoms. The van der Waals surface area contributed by atoms with Crippen LogP contribution in [0.25, 0.3) is 0 Å². The first-order valence-electron chi connectivity index (χ1n) is 9.78. The van der Waals surface area contributed by atoms with Gasteiger partial charge in [-0.3, -0.25) is 9.89 Å². The summed E-state index contributed by atoms with van der Waals surface area (Å²) in [5, 5.41) is 6.36. The summed E-state index contributed by atoms with van der Waals surface area (Å²) < 4.78 is 32.8. The number of guanidine groups is 1. The molecular weight excluding hydrogens is 350 g/mol. The lowest BCUT2D eigenvalue weighted by molar-refractivity contribution is -0.0261. The molecule has 0 aliphatic carbocycles. The van der Waals surface area contributed by atoms with E-state index in [-0.39, 0.29) is 11.9 Å². The van der Waals surface area contributed by atoms with E-state index in [1.54, 1.807) is 0 Å². The summed E-state index contributed by atoms with van der Waals surface area (Å²) in [7, 11) is 0. The van der Waals surface area contributed by atoms with E-state index >= 15 is 0 Å². The highest BCUT2D eigenvalue weighted by Gasteiger charge is 2.20. The minimum Gasteiger partial charge on any atom is -0.374 e. The molecular formula is C20H32F2N4O. The van der Waals surface area contributed by atoms with Gasteiger partial charge in [0.25, 0.3) is 0 Å². The predicted octanol–water partition coefficient (Wildman–Crippen LogP) is 2.42. The summed E-state index contributed by atoms with van der Waals surface area (Å²) in [6, 6.07) is 3.53. The summed E-state index contributed by atoms with van der Waals surface area (Å²) in [6.45, 7) is 11.8. The Morgan fingerprint density at radius 2 is 2.15 bits per heavy atom. The Morgan fingerprint density at radius 1 is 1.33 bits per heavy atom. The van der Waals surface area contributed by atoms with E-state index in [9.17, 15) is 8.78 Å². The Bertz CT molecular complexity index is 610. The standard InChI is InChI=1S/C20H32F2N4O/c1-4-23-20(24-8-7-16-11-17(21)5-6-19(16)22)25-12-18-14-26(9-10-27-18)13-15(2)3/h5-6,11,15,18H,4,7-10,12-14H2,1-3H3,(H2,23,24,25). The van der Waals surface area contributed by atoms with Crippen molar-refractivity contribution < 1.29 is 13.5 Å². The lowest BCUT2D eigenvalue weighted by Crippen LogP contribution is -2.46. The van der Waals surface area contributed by atoms with E-state index in [1.807, 2.05) is 6.92 Å². The molecule has 27 heavy (non-hydrogen) atoms. The Labute approximate surface area is 161 Å². The van der Waals surface area contributed by atoms with Crippen LogP contribution < -0.4 is 10.6 Å². The molecule has 0 aromatic heterocycles. The first-order valence-corrected chi connectivity index (χ1v) is 9.78. The van der Waals surface area contributed by atoms with Crippen molar-refractivity contribution in [3.63, 3.8) is 0 Å². The van der Waals surface area contributed by atoms with Gasteiger partial charge >= 0.3 is 0 Å². The zero-order valence-electron chi connectivity index (χ0n) is 16.6. The van der Waals surface area contributed by atoms with Gasteiger partial charge in [0.2, 0.25) is 0 Å². The first-order chi connectivity index (χ1) is 13.0. The van der Waals surface area contributed by atoms with Gasteiger partial charge in [-0.2, -0.15) is 0 Å². The van der Waals surface area contributed by atoms with Crippen LogP contribution in [-0.4, -0.2) is 62.8 Å². The normalized spacial score (nSPS) is 18.7. The van der Waals surface area contributed by atoms with Crippen molar-refractivity contribution in [1.29, 1.82) is 0 Å². The third-order valence-corrected chi connectivity index (χ3v) is 4.34. The molecule has 0 radical (unpaired) electrons. The molecule has 5 nitrogen and oxygen atoms in total. The highest BCUT2D eigenvalue weighted by atomic mass is 19.1. The van der Waals surface area contributed by atoms with Crippen LogP contribution in [0.4, 0.5) is 8.78 Å². The van der Waals surface area contributed by atoms with Crippen LogP contribution in [0.15, 0.2) is 23.2 Å². The monoisotopic (exact) mass is 382 g/mol. The molecule has 1 aliphatic rings. The van der Waals surface area contributed by atoms with E-state index in [2.05, 4.69) is 34.4 Å². The maximum Gasteiger partial charge on any atom is 0.191 e. The highest BCUT2D eigenvalue weighted by Crippen LogP contribution is 2.10. The first kappa shape index (κ1) is 21.6. The Balaban J connectivity index is 1.83. The zero-order chi connectivity index (χ0) is 19.6. The number of benzene rings is 1. The van der Waals surface area contributed by atoms with Crippen molar-refractivity contribution in [3.05, 3.63) is 35.4 Å². The number of halogens is 2. The summed E-state index contributed by atoms with van der Waals surface area (Å²) in [5.41, 5.74) is 0.360. The smallest absolute Gasteiger partial charge is 0.191 e. The van der Waals surface area contributed by atoms with Crippen molar-refractivity contribution in [1.82, 2.24) is 15.5 Å². The maximum atomic E-state index is 13.7. The topological polar surface area (TPSA) is 48.9 Å². The fourth-order valence-electron chi connectivity index (χ4n) is 3.16. The lowest BCUT2D eigenvalue weighted by atomic mass is 10.1. The molecule has 152 valence electrons. The number of morpholine rings is 1. The molecule has 1 aromatic rings. The fraction of sp³-hybridized carbons (Fsp3) is 0.650. The summed E-state index contributed by atoms with van der Waals surface area (Å²) in [6.07, 6.45) is 0.462. The van der Waals surface area contributed by atoms with Crippen molar-refractivity contribution in [2.45, 2.75) is 33.3 Å². The van der Waals surface area contributed by atoms with Crippen molar-refractivity contribution in [2.75, 3.05) is 45.9 Å². The molecule has 1 aliphatic heterocycles. The van der Waals surface area contributed by atoms with Gasteiger partial charge in [0.15, 0.2) is 5.96 Å². The van der Waals surface area contributed by atoms with Gasteiger partial charge < -0.3 is 15.4 Å². The number of hydrogen-bond donors (Lipinski definition) is 2. The minimum absolute atomic E-state index is 0.0774. The van der Waals surface area contributed by atoms with Crippen LogP contribution in [0, 0.1) is 17.6 Å². The molecule has 2 rings (SSSR count). The van der Waals surface area contributed by atoms with Gasteiger partial charge in [-0.05, 0) is 43.0 Å². The zero-order valence-corrected chi connectivity index (χ0v) is 16.6. The maximum absolute atomic E-state index is 13.7. The van der Waals surface area contributed by atoms with Gasteiger partial charge in [0.1, 0.15) is 11.6 Å².